The molecule has 3 atom stereocenters. The highest BCUT2D eigenvalue weighted by Gasteiger charge is 2.24. The molecule has 0 aliphatic carbocycles. The van der Waals surface area contributed by atoms with Crippen LogP contribution < -0.4 is 26.6 Å². The summed E-state index contributed by atoms with van der Waals surface area (Å²) in [5.74, 6) is -7.55. The average molecular weight is 891 g/mol. The van der Waals surface area contributed by atoms with Gasteiger partial charge in [0.25, 0.3) is 0 Å². The Balaban J connectivity index is 3.88. The summed E-state index contributed by atoms with van der Waals surface area (Å²) in [7, 11) is 0. The number of hydrogen-bond acceptors (Lipinski definition) is 14. The zero-order chi connectivity index (χ0) is 46.4. The number of aliphatic carboxylic acids is 4. The summed E-state index contributed by atoms with van der Waals surface area (Å²) >= 11 is 0. The summed E-state index contributed by atoms with van der Waals surface area (Å²) in [5.41, 5.74) is 0. The van der Waals surface area contributed by atoms with Crippen LogP contribution in [0.25, 0.3) is 0 Å². The van der Waals surface area contributed by atoms with E-state index in [1.54, 1.807) is 0 Å². The molecule has 23 nitrogen and oxygen atoms in total. The molecule has 0 aromatic rings. The second-order valence-electron chi connectivity index (χ2n) is 13.9. The van der Waals surface area contributed by atoms with Crippen molar-refractivity contribution >= 4 is 59.7 Å². The van der Waals surface area contributed by atoms with Crippen molar-refractivity contribution < 1.29 is 87.3 Å². The van der Waals surface area contributed by atoms with Gasteiger partial charge >= 0.3 is 23.9 Å². The first-order valence-electron chi connectivity index (χ1n) is 20.6. The molecular weight excluding hydrogens is 826 g/mol. The minimum absolute atomic E-state index is 0.0293. The van der Waals surface area contributed by atoms with Crippen LogP contribution in [0, 0.1) is 0 Å². The Labute approximate surface area is 360 Å². The summed E-state index contributed by atoms with van der Waals surface area (Å²) < 4.78 is 21.0. The summed E-state index contributed by atoms with van der Waals surface area (Å²) in [4.78, 5) is 115. The molecule has 0 heterocycles. The molecule has 0 saturated carbocycles. The Kier molecular flexibility index (Phi) is 34.3. The molecule has 62 heavy (non-hydrogen) atoms. The first-order chi connectivity index (χ1) is 29.7. The molecule has 0 saturated heterocycles. The first-order valence-corrected chi connectivity index (χ1v) is 20.6. The van der Waals surface area contributed by atoms with Gasteiger partial charge in [-0.25, -0.2) is 14.4 Å². The van der Waals surface area contributed by atoms with E-state index < -0.39 is 84.6 Å². The van der Waals surface area contributed by atoms with Crippen molar-refractivity contribution in [1.29, 1.82) is 0 Å². The van der Waals surface area contributed by atoms with E-state index in [-0.39, 0.29) is 104 Å². The van der Waals surface area contributed by atoms with Crippen LogP contribution >= 0.6 is 0 Å². The Morgan fingerprint density at radius 3 is 1.29 bits per heavy atom. The predicted molar refractivity (Wildman–Crippen MR) is 215 cm³/mol. The van der Waals surface area contributed by atoms with Gasteiger partial charge in [0.05, 0.1) is 39.6 Å². The summed E-state index contributed by atoms with van der Waals surface area (Å²) in [6.07, 6.45) is 7.46. The molecule has 0 unspecified atom stereocenters. The minimum Gasteiger partial charge on any atom is -0.481 e. The quantitative estimate of drug-likeness (QED) is 0.0347. The lowest BCUT2D eigenvalue weighted by molar-refractivity contribution is -0.144. The number of ether oxygens (including phenoxy) is 4. The molecule has 0 rings (SSSR count). The molecule has 353 valence electrons. The van der Waals surface area contributed by atoms with E-state index in [4.69, 9.17) is 29.2 Å². The molecule has 0 aromatic heterocycles. The van der Waals surface area contributed by atoms with Crippen molar-refractivity contribution in [3.8, 4) is 0 Å². The highest BCUT2D eigenvalue weighted by Crippen LogP contribution is 2.11. The van der Waals surface area contributed by atoms with Gasteiger partial charge in [0.2, 0.25) is 29.5 Å². The van der Waals surface area contributed by atoms with E-state index in [2.05, 4.69) is 26.6 Å². The maximum atomic E-state index is 12.2. The molecule has 23 heteroatoms. The normalized spacial score (nSPS) is 12.3. The molecule has 0 bridgehead atoms. The zero-order valence-electron chi connectivity index (χ0n) is 35.1. The van der Waals surface area contributed by atoms with Gasteiger partial charge in [-0.15, -0.1) is 0 Å². The van der Waals surface area contributed by atoms with E-state index in [0.717, 1.165) is 38.5 Å². The van der Waals surface area contributed by atoms with Crippen LogP contribution in [0.3, 0.4) is 0 Å². The first kappa shape index (κ1) is 56.7. The standard InChI is InChI=1S/C39H64N5O18/c45-19-9-10-28(37(53)54)42-33(48)16-14-30(39(57)58)44-35(50)27-62-25-23-60-21-18-41-34(49)26-61-24-22-59-20-17-40-31(46)15-13-29(38(55)56)43-32(47)11-7-5-3-1-2-4-6-8-12-36(51)52/h28-30H,1-18,20-27H2,(H,40,46)(H,41,49)(H,42,48)(H,43,47)(H,44,50)(H,51,52)(H,53,54)(H,55,56)(H,57,58)/t28-,29-,30-/m0/s1. The van der Waals surface area contributed by atoms with Crippen LogP contribution in [0.5, 0.6) is 0 Å². The summed E-state index contributed by atoms with van der Waals surface area (Å²) in [6.45, 7) is 0.0666. The number of hydrogen-bond donors (Lipinski definition) is 9. The van der Waals surface area contributed by atoms with E-state index >= 15 is 0 Å². The monoisotopic (exact) mass is 890 g/mol. The lowest BCUT2D eigenvalue weighted by Crippen LogP contribution is -2.44. The molecule has 9 N–H and O–H groups in total. The van der Waals surface area contributed by atoms with E-state index in [1.165, 1.54) is 6.29 Å². The van der Waals surface area contributed by atoms with Crippen molar-refractivity contribution in [3.63, 3.8) is 0 Å². The number of unbranched alkanes of at least 4 members (excludes halogenated alkanes) is 7. The lowest BCUT2D eigenvalue weighted by Gasteiger charge is -2.16. The highest BCUT2D eigenvalue weighted by molar-refractivity contribution is 5.87. The molecule has 0 aliphatic rings. The number of carboxylic acids is 4. The van der Waals surface area contributed by atoms with Gasteiger partial charge in [-0.2, -0.15) is 0 Å². The summed E-state index contributed by atoms with van der Waals surface area (Å²) in [6, 6.07) is -3.97. The van der Waals surface area contributed by atoms with Gasteiger partial charge in [0, 0.05) is 45.2 Å². The molecule has 1 radical (unpaired) electrons. The highest BCUT2D eigenvalue weighted by atomic mass is 16.5. The smallest absolute Gasteiger partial charge is 0.326 e. The number of carbonyl (C=O) groups excluding carboxylic acids is 6. The van der Waals surface area contributed by atoms with Crippen LogP contribution in [0.15, 0.2) is 0 Å². The molecule has 0 aliphatic heterocycles. The van der Waals surface area contributed by atoms with E-state index in [0.29, 0.717) is 12.8 Å². The van der Waals surface area contributed by atoms with E-state index in [9.17, 15) is 58.2 Å². The Morgan fingerprint density at radius 2 is 0.806 bits per heavy atom. The molecule has 0 fully saturated rings. The molecule has 5 amide bonds. The number of carbonyl (C=O) groups is 9. The fourth-order valence-electron chi connectivity index (χ4n) is 5.35. The molecular formula is C39H64N5O18. The average Bonchev–Trinajstić information content (AvgIpc) is 3.21. The van der Waals surface area contributed by atoms with Gasteiger partial charge in [0.15, 0.2) is 6.29 Å². The van der Waals surface area contributed by atoms with Crippen LogP contribution in [-0.4, -0.2) is 164 Å². The third-order valence-corrected chi connectivity index (χ3v) is 8.65. The SMILES string of the molecule is O=[C]CC[C@H](NC(=O)CC[C@H](NC(=O)COCCOCCNC(=O)COCCOCCNC(=O)CC[C@H](NC(=O)CCCCCCCCCCC(=O)O)C(=O)O)C(=O)O)C(=O)O. The lowest BCUT2D eigenvalue weighted by atomic mass is 10.1. The molecule has 0 spiro atoms. The second-order valence-corrected chi connectivity index (χ2v) is 13.9. The van der Waals surface area contributed by atoms with Crippen molar-refractivity contribution in [2.45, 2.75) is 121 Å². The van der Waals surface area contributed by atoms with Crippen molar-refractivity contribution in [2.24, 2.45) is 0 Å². The van der Waals surface area contributed by atoms with Crippen molar-refractivity contribution in [2.75, 3.05) is 65.9 Å². The predicted octanol–water partition coefficient (Wildman–Crippen LogP) is -0.571. The topological polar surface area (TPSA) is 349 Å². The Bertz CT molecular complexity index is 1380. The number of carboxylic acid groups (broad SMARTS) is 4. The molecule has 0 aromatic carbocycles. The van der Waals surface area contributed by atoms with Gasteiger partial charge in [-0.1, -0.05) is 38.5 Å². The Hall–Kier alpha value is -5.26. The minimum atomic E-state index is -1.44. The number of nitrogens with one attached hydrogen (secondary N) is 5. The second kappa shape index (κ2) is 37.5. The summed E-state index contributed by atoms with van der Waals surface area (Å²) in [5, 5.41) is 48.5. The fourth-order valence-corrected chi connectivity index (χ4v) is 5.35. The van der Waals surface area contributed by atoms with Crippen LogP contribution in [0.2, 0.25) is 0 Å². The van der Waals surface area contributed by atoms with Gasteiger partial charge in [-0.05, 0) is 32.1 Å². The third kappa shape index (κ3) is 34.5. The van der Waals surface area contributed by atoms with Crippen LogP contribution in [-0.2, 0) is 66.9 Å². The van der Waals surface area contributed by atoms with Gasteiger partial charge < -0.3 is 66.0 Å². The Morgan fingerprint density at radius 1 is 0.419 bits per heavy atom. The maximum Gasteiger partial charge on any atom is 0.326 e. The number of amides is 5. The van der Waals surface area contributed by atoms with Crippen LogP contribution in [0.1, 0.15) is 103 Å². The van der Waals surface area contributed by atoms with Crippen molar-refractivity contribution in [3.05, 3.63) is 0 Å². The van der Waals surface area contributed by atoms with Gasteiger partial charge in [0.1, 0.15) is 31.3 Å². The van der Waals surface area contributed by atoms with Crippen molar-refractivity contribution in [1.82, 2.24) is 26.6 Å². The zero-order valence-corrected chi connectivity index (χ0v) is 35.1. The van der Waals surface area contributed by atoms with E-state index in [1.807, 2.05) is 0 Å². The number of rotatable bonds is 42. The largest absolute Gasteiger partial charge is 0.481 e. The fraction of sp³-hybridized carbons (Fsp3) is 0.744. The van der Waals surface area contributed by atoms with Crippen LogP contribution in [0.4, 0.5) is 0 Å². The van der Waals surface area contributed by atoms with Gasteiger partial charge in [-0.3, -0.25) is 33.6 Å². The third-order valence-electron chi connectivity index (χ3n) is 8.65. The maximum absolute atomic E-state index is 12.2.